The molecule has 1 rings (SSSR count). The van der Waals surface area contributed by atoms with E-state index in [2.05, 4.69) is 0 Å². The van der Waals surface area contributed by atoms with E-state index >= 15 is 0 Å². The lowest BCUT2D eigenvalue weighted by Gasteiger charge is -2.04. The van der Waals surface area contributed by atoms with Gasteiger partial charge in [-0.15, -0.1) is 0 Å². The molecule has 0 bridgehead atoms. The fourth-order valence-corrected chi connectivity index (χ4v) is 0.943. The van der Waals surface area contributed by atoms with E-state index in [1.807, 2.05) is 0 Å². The lowest BCUT2D eigenvalue weighted by Crippen LogP contribution is -2.01. The summed E-state index contributed by atoms with van der Waals surface area (Å²) < 4.78 is 25.4. The van der Waals surface area contributed by atoms with Crippen molar-refractivity contribution >= 4 is 5.97 Å². The highest BCUT2D eigenvalue weighted by molar-refractivity contribution is 5.67. The van der Waals surface area contributed by atoms with Gasteiger partial charge in [0.1, 0.15) is 12.0 Å². The Hall–Kier alpha value is -1.45. The van der Waals surface area contributed by atoms with Crippen LogP contribution in [0, 0.1) is 5.82 Å². The first-order valence-corrected chi connectivity index (χ1v) is 3.71. The van der Waals surface area contributed by atoms with E-state index in [4.69, 9.17) is 5.11 Å². The average Bonchev–Trinajstić information content (AvgIpc) is 2.04. The summed E-state index contributed by atoms with van der Waals surface area (Å²) in [4.78, 5) is 10.1. The van der Waals surface area contributed by atoms with Gasteiger partial charge in [0.2, 0.25) is 0 Å². The third kappa shape index (κ3) is 2.82. The topological polar surface area (TPSA) is 37.3 Å². The van der Waals surface area contributed by atoms with Gasteiger partial charge in [0.05, 0.1) is 6.42 Å². The largest absolute Gasteiger partial charge is 0.481 e. The Morgan fingerprint density at radius 2 is 1.92 bits per heavy atom. The third-order valence-corrected chi connectivity index (χ3v) is 1.59. The summed E-state index contributed by atoms with van der Waals surface area (Å²) in [6.45, 7) is 0. The number of carboxylic acid groups (broad SMARTS) is 1. The Morgan fingerprint density at radius 1 is 1.38 bits per heavy atom. The molecular weight excluding hydrogens is 178 g/mol. The quantitative estimate of drug-likeness (QED) is 0.786. The van der Waals surface area contributed by atoms with Crippen LogP contribution in [0.3, 0.4) is 0 Å². The second-order valence-corrected chi connectivity index (χ2v) is 2.62. The average molecular weight is 186 g/mol. The molecule has 0 saturated carbocycles. The van der Waals surface area contributed by atoms with Crippen LogP contribution in [0.15, 0.2) is 24.3 Å². The number of alkyl halides is 1. The number of benzene rings is 1. The number of carboxylic acids is 1. The first kappa shape index (κ1) is 9.64. The molecule has 2 nitrogen and oxygen atoms in total. The molecule has 0 radical (unpaired) electrons. The van der Waals surface area contributed by atoms with Crippen LogP contribution < -0.4 is 0 Å². The van der Waals surface area contributed by atoms with Gasteiger partial charge < -0.3 is 5.11 Å². The van der Waals surface area contributed by atoms with Crippen LogP contribution >= 0.6 is 0 Å². The van der Waals surface area contributed by atoms with Crippen molar-refractivity contribution in [1.82, 2.24) is 0 Å². The summed E-state index contributed by atoms with van der Waals surface area (Å²) in [6, 6.07) is 4.68. The molecule has 1 aromatic rings. The molecule has 0 heterocycles. The van der Waals surface area contributed by atoms with Crippen LogP contribution in [-0.4, -0.2) is 11.1 Å². The summed E-state index contributed by atoms with van der Waals surface area (Å²) >= 11 is 0. The van der Waals surface area contributed by atoms with Crippen molar-refractivity contribution in [2.75, 3.05) is 0 Å². The number of halogens is 2. The molecule has 0 aliphatic carbocycles. The van der Waals surface area contributed by atoms with Gasteiger partial charge in [0.15, 0.2) is 0 Å². The summed E-state index contributed by atoms with van der Waals surface area (Å²) in [7, 11) is 0. The monoisotopic (exact) mass is 186 g/mol. The Kier molecular flexibility index (Phi) is 2.95. The number of hydrogen-bond donors (Lipinski definition) is 1. The van der Waals surface area contributed by atoms with Crippen LogP contribution in [0.25, 0.3) is 0 Å². The standard InChI is InChI=1S/C9H8F2O2/c10-7-3-1-6(2-4-7)8(11)5-9(12)13/h1-4,8H,5H2,(H,12,13). The first-order chi connectivity index (χ1) is 6.09. The molecule has 13 heavy (non-hydrogen) atoms. The van der Waals surface area contributed by atoms with Gasteiger partial charge in [-0.05, 0) is 17.7 Å². The van der Waals surface area contributed by atoms with E-state index < -0.39 is 24.4 Å². The van der Waals surface area contributed by atoms with Crippen molar-refractivity contribution in [3.63, 3.8) is 0 Å². The molecule has 0 aromatic heterocycles. The number of hydrogen-bond acceptors (Lipinski definition) is 1. The van der Waals surface area contributed by atoms with Gasteiger partial charge in [-0.2, -0.15) is 0 Å². The van der Waals surface area contributed by atoms with Gasteiger partial charge >= 0.3 is 5.97 Å². The van der Waals surface area contributed by atoms with Crippen LogP contribution in [0.2, 0.25) is 0 Å². The molecular formula is C9H8F2O2. The summed E-state index contributed by atoms with van der Waals surface area (Å²) in [5, 5.41) is 8.29. The second-order valence-electron chi connectivity index (χ2n) is 2.62. The lowest BCUT2D eigenvalue weighted by atomic mass is 10.1. The molecule has 0 aliphatic rings. The zero-order chi connectivity index (χ0) is 9.84. The Bertz CT molecular complexity index is 295. The molecule has 0 spiro atoms. The van der Waals surface area contributed by atoms with E-state index in [0.29, 0.717) is 0 Å². The predicted octanol–water partition coefficient (Wildman–Crippen LogP) is 2.31. The van der Waals surface area contributed by atoms with Gasteiger partial charge in [0.25, 0.3) is 0 Å². The zero-order valence-electron chi connectivity index (χ0n) is 6.71. The molecule has 0 fully saturated rings. The Balaban J connectivity index is 2.71. The SMILES string of the molecule is O=C(O)CC(F)c1ccc(F)cc1. The second kappa shape index (κ2) is 3.98. The van der Waals surface area contributed by atoms with Crippen molar-refractivity contribution in [2.45, 2.75) is 12.6 Å². The minimum atomic E-state index is -1.57. The molecule has 0 amide bonds. The fourth-order valence-electron chi connectivity index (χ4n) is 0.943. The molecule has 0 saturated heterocycles. The van der Waals surface area contributed by atoms with Gasteiger partial charge in [-0.25, -0.2) is 8.78 Å². The number of rotatable bonds is 3. The van der Waals surface area contributed by atoms with Crippen LogP contribution in [0.5, 0.6) is 0 Å². The van der Waals surface area contributed by atoms with Crippen molar-refractivity contribution in [3.8, 4) is 0 Å². The number of aliphatic carboxylic acids is 1. The maximum Gasteiger partial charge on any atom is 0.306 e. The maximum absolute atomic E-state index is 13.0. The molecule has 1 atom stereocenters. The molecule has 4 heteroatoms. The van der Waals surface area contributed by atoms with E-state index in [1.54, 1.807) is 0 Å². The van der Waals surface area contributed by atoms with Crippen LogP contribution in [0.1, 0.15) is 18.2 Å². The highest BCUT2D eigenvalue weighted by Gasteiger charge is 2.13. The van der Waals surface area contributed by atoms with Gasteiger partial charge in [-0.3, -0.25) is 4.79 Å². The van der Waals surface area contributed by atoms with Crippen molar-refractivity contribution < 1.29 is 18.7 Å². The smallest absolute Gasteiger partial charge is 0.306 e. The fraction of sp³-hybridized carbons (Fsp3) is 0.222. The number of carbonyl (C=O) groups is 1. The van der Waals surface area contributed by atoms with Crippen molar-refractivity contribution in [3.05, 3.63) is 35.6 Å². The van der Waals surface area contributed by atoms with E-state index in [9.17, 15) is 13.6 Å². The van der Waals surface area contributed by atoms with Crippen LogP contribution in [-0.2, 0) is 4.79 Å². The molecule has 0 aliphatic heterocycles. The Labute approximate surface area is 73.8 Å². The minimum Gasteiger partial charge on any atom is -0.481 e. The predicted molar refractivity (Wildman–Crippen MR) is 42.5 cm³/mol. The normalized spacial score (nSPS) is 12.5. The molecule has 70 valence electrons. The molecule has 1 N–H and O–H groups in total. The summed E-state index contributed by atoms with van der Waals surface area (Å²) in [6.07, 6.45) is -2.16. The highest BCUT2D eigenvalue weighted by atomic mass is 19.1. The van der Waals surface area contributed by atoms with Gasteiger partial charge in [-0.1, -0.05) is 12.1 Å². The van der Waals surface area contributed by atoms with Gasteiger partial charge in [0, 0.05) is 0 Å². The molecule has 1 unspecified atom stereocenters. The van der Waals surface area contributed by atoms with E-state index in [1.165, 1.54) is 12.1 Å². The lowest BCUT2D eigenvalue weighted by molar-refractivity contribution is -0.138. The van der Waals surface area contributed by atoms with E-state index in [0.717, 1.165) is 12.1 Å². The molecule has 1 aromatic carbocycles. The first-order valence-electron chi connectivity index (χ1n) is 3.71. The van der Waals surface area contributed by atoms with E-state index in [-0.39, 0.29) is 5.56 Å². The maximum atomic E-state index is 13.0. The third-order valence-electron chi connectivity index (χ3n) is 1.59. The summed E-state index contributed by atoms with van der Waals surface area (Å²) in [5.74, 6) is -1.68. The summed E-state index contributed by atoms with van der Waals surface area (Å²) in [5.41, 5.74) is 0.184. The van der Waals surface area contributed by atoms with Crippen molar-refractivity contribution in [2.24, 2.45) is 0 Å². The van der Waals surface area contributed by atoms with Crippen LogP contribution in [0.4, 0.5) is 8.78 Å². The highest BCUT2D eigenvalue weighted by Crippen LogP contribution is 2.20. The zero-order valence-corrected chi connectivity index (χ0v) is 6.71. The minimum absolute atomic E-state index is 0.184. The van der Waals surface area contributed by atoms with Crippen molar-refractivity contribution in [1.29, 1.82) is 0 Å². The Morgan fingerprint density at radius 3 is 2.38 bits per heavy atom.